The van der Waals surface area contributed by atoms with Crippen molar-refractivity contribution < 1.29 is 21.5 Å². The van der Waals surface area contributed by atoms with Gasteiger partial charge in [0.15, 0.2) is 0 Å². The Morgan fingerprint density at radius 1 is 0.929 bits per heavy atom. The highest BCUT2D eigenvalue weighted by atomic mass is 79.9. The lowest BCUT2D eigenvalue weighted by Gasteiger charge is -2.45. The number of halogens is 1. The predicted molar refractivity (Wildman–Crippen MR) is 55.1 cm³/mol. The van der Waals surface area contributed by atoms with Crippen molar-refractivity contribution in [2.24, 2.45) is 5.92 Å². The largest absolute Gasteiger partial charge is 1.00 e. The van der Waals surface area contributed by atoms with E-state index in [1.54, 1.807) is 0 Å². The average molecular weight is 258 g/mol. The summed E-state index contributed by atoms with van der Waals surface area (Å²) in [6.45, 7) is 5.57. The Bertz CT molecular complexity index is 203. The first kappa shape index (κ1) is 12.1. The molecule has 2 aliphatic rings. The molecule has 0 saturated carbocycles. The minimum atomic E-state index is 0. The van der Waals surface area contributed by atoms with Crippen molar-refractivity contribution in [1.82, 2.24) is 0 Å². The van der Waals surface area contributed by atoms with Crippen molar-refractivity contribution in [2.45, 2.75) is 32.1 Å². The van der Waals surface area contributed by atoms with E-state index in [1.807, 2.05) is 0 Å². The molecule has 14 heavy (non-hydrogen) atoms. The first-order valence-corrected chi connectivity index (χ1v) is 5.66. The molecule has 0 N–H and O–H groups in total. The summed E-state index contributed by atoms with van der Waals surface area (Å²) in [7, 11) is 0. The lowest BCUT2D eigenvalue weighted by Crippen LogP contribution is -3.00. The molecule has 0 aromatic rings. The molecule has 2 saturated heterocycles. The van der Waals surface area contributed by atoms with E-state index in [0.29, 0.717) is 5.92 Å². The van der Waals surface area contributed by atoms with Crippen LogP contribution in [0.25, 0.3) is 0 Å². The molecule has 2 heterocycles. The second kappa shape index (κ2) is 5.19. The lowest BCUT2D eigenvalue weighted by atomic mass is 9.93. The highest BCUT2D eigenvalue weighted by molar-refractivity contribution is 4.93. The molecular weight excluding hydrogens is 238 g/mol. The van der Waals surface area contributed by atoms with Crippen LogP contribution >= 0.6 is 0 Å². The van der Waals surface area contributed by atoms with Gasteiger partial charge in [-0.3, -0.25) is 0 Å². The number of piperidine rings is 2. The number of quaternary nitrogens is 1. The molecule has 0 amide bonds. The van der Waals surface area contributed by atoms with Crippen LogP contribution in [0.2, 0.25) is 0 Å². The van der Waals surface area contributed by atoms with E-state index in [2.05, 4.69) is 5.92 Å². The van der Waals surface area contributed by atoms with Crippen LogP contribution in [0, 0.1) is 18.3 Å². The maximum atomic E-state index is 5.46. The monoisotopic (exact) mass is 257 g/mol. The third-order valence-electron chi connectivity index (χ3n) is 3.90. The van der Waals surface area contributed by atoms with Gasteiger partial charge in [-0.15, -0.1) is 12.3 Å². The van der Waals surface area contributed by atoms with Crippen LogP contribution in [-0.2, 0) is 0 Å². The van der Waals surface area contributed by atoms with Gasteiger partial charge in [-0.1, -0.05) is 0 Å². The third kappa shape index (κ3) is 2.52. The Morgan fingerprint density at radius 3 is 2.00 bits per heavy atom. The molecular formula is C12H20BrN. The van der Waals surface area contributed by atoms with Gasteiger partial charge in [0.2, 0.25) is 0 Å². The molecule has 2 fully saturated rings. The van der Waals surface area contributed by atoms with Gasteiger partial charge in [-0.05, 0) is 19.3 Å². The summed E-state index contributed by atoms with van der Waals surface area (Å²) in [5.41, 5.74) is 0. The molecule has 0 aliphatic carbocycles. The Kier molecular flexibility index (Phi) is 4.47. The molecule has 0 aromatic carbocycles. The Morgan fingerprint density at radius 2 is 1.50 bits per heavy atom. The summed E-state index contributed by atoms with van der Waals surface area (Å²) in [6.07, 6.45) is 12.4. The van der Waals surface area contributed by atoms with E-state index in [-0.39, 0.29) is 17.0 Å². The van der Waals surface area contributed by atoms with Crippen LogP contribution in [0.4, 0.5) is 0 Å². The van der Waals surface area contributed by atoms with Crippen molar-refractivity contribution in [3.8, 4) is 12.3 Å². The molecule has 2 aliphatic heterocycles. The van der Waals surface area contributed by atoms with E-state index in [0.717, 1.165) is 0 Å². The fourth-order valence-corrected chi connectivity index (χ4v) is 2.91. The molecule has 0 atom stereocenters. The van der Waals surface area contributed by atoms with Gasteiger partial charge in [-0.25, -0.2) is 0 Å². The van der Waals surface area contributed by atoms with E-state index in [1.165, 1.54) is 62.8 Å². The van der Waals surface area contributed by atoms with Gasteiger partial charge in [0.25, 0.3) is 0 Å². The summed E-state index contributed by atoms with van der Waals surface area (Å²) in [4.78, 5) is 0. The number of hydrogen-bond acceptors (Lipinski definition) is 0. The molecule has 0 bridgehead atoms. The van der Waals surface area contributed by atoms with Crippen molar-refractivity contribution in [3.63, 3.8) is 0 Å². The zero-order valence-electron chi connectivity index (χ0n) is 8.84. The zero-order chi connectivity index (χ0) is 9.15. The van der Waals surface area contributed by atoms with Crippen LogP contribution in [-0.4, -0.2) is 30.7 Å². The third-order valence-corrected chi connectivity index (χ3v) is 3.90. The molecule has 0 unspecified atom stereocenters. The normalized spacial score (nSPS) is 26.5. The number of terminal acetylenes is 1. The maximum Gasteiger partial charge on any atom is 0.0798 e. The summed E-state index contributed by atoms with van der Waals surface area (Å²) in [5.74, 6) is 3.50. The molecule has 1 spiro atoms. The molecule has 2 heteroatoms. The fourth-order valence-electron chi connectivity index (χ4n) is 2.91. The highest BCUT2D eigenvalue weighted by Gasteiger charge is 2.34. The van der Waals surface area contributed by atoms with Crippen molar-refractivity contribution in [3.05, 3.63) is 0 Å². The maximum absolute atomic E-state index is 5.46. The highest BCUT2D eigenvalue weighted by Crippen LogP contribution is 2.27. The first-order valence-electron chi connectivity index (χ1n) is 5.66. The quantitative estimate of drug-likeness (QED) is 0.387. The van der Waals surface area contributed by atoms with Gasteiger partial charge in [0.05, 0.1) is 26.2 Å². The topological polar surface area (TPSA) is 0 Å². The molecule has 2 rings (SSSR count). The van der Waals surface area contributed by atoms with Crippen LogP contribution < -0.4 is 17.0 Å². The van der Waals surface area contributed by atoms with Crippen LogP contribution in [0.15, 0.2) is 0 Å². The van der Waals surface area contributed by atoms with Gasteiger partial charge < -0.3 is 21.5 Å². The molecule has 0 aromatic heterocycles. The summed E-state index contributed by atoms with van der Waals surface area (Å²) in [6, 6.07) is 0. The van der Waals surface area contributed by atoms with E-state index < -0.39 is 0 Å². The van der Waals surface area contributed by atoms with Crippen LogP contribution in [0.5, 0.6) is 0 Å². The SMILES string of the molecule is C#CC1CC[N+]2(CCCCC2)CC1.[Br-]. The number of nitrogens with zero attached hydrogens (tertiary/aromatic N) is 1. The van der Waals surface area contributed by atoms with Crippen molar-refractivity contribution >= 4 is 0 Å². The van der Waals surface area contributed by atoms with Crippen molar-refractivity contribution in [2.75, 3.05) is 26.2 Å². The van der Waals surface area contributed by atoms with Crippen LogP contribution in [0.3, 0.4) is 0 Å². The summed E-state index contributed by atoms with van der Waals surface area (Å²) in [5, 5.41) is 0. The number of hydrogen-bond donors (Lipinski definition) is 0. The predicted octanol–water partition coefficient (Wildman–Crippen LogP) is -0.966. The Balaban J connectivity index is 0.000000980. The Labute approximate surface area is 98.2 Å². The summed E-state index contributed by atoms with van der Waals surface area (Å²) < 4.78 is 1.40. The number of rotatable bonds is 0. The van der Waals surface area contributed by atoms with Crippen molar-refractivity contribution in [1.29, 1.82) is 0 Å². The average Bonchev–Trinajstić information content (AvgIpc) is 2.20. The summed E-state index contributed by atoms with van der Waals surface area (Å²) >= 11 is 0. The van der Waals surface area contributed by atoms with Crippen LogP contribution in [0.1, 0.15) is 32.1 Å². The molecule has 80 valence electrons. The molecule has 1 nitrogen and oxygen atoms in total. The smallest absolute Gasteiger partial charge is 0.0798 e. The standard InChI is InChI=1S/C12H20N.BrH/c1-2-12-6-10-13(11-7-12)8-4-3-5-9-13;/h1,12H,3-11H2;1H/q+1;/p-1. The van der Waals surface area contributed by atoms with E-state index in [9.17, 15) is 0 Å². The fraction of sp³-hybridized carbons (Fsp3) is 0.833. The van der Waals surface area contributed by atoms with Gasteiger partial charge >= 0.3 is 0 Å². The minimum absolute atomic E-state index is 0. The van der Waals surface area contributed by atoms with Gasteiger partial charge in [0, 0.05) is 18.8 Å². The van der Waals surface area contributed by atoms with E-state index >= 15 is 0 Å². The second-order valence-corrected chi connectivity index (χ2v) is 4.74. The lowest BCUT2D eigenvalue weighted by molar-refractivity contribution is -0.937. The second-order valence-electron chi connectivity index (χ2n) is 4.74. The Hall–Kier alpha value is 0. The first-order chi connectivity index (χ1) is 6.35. The molecule has 0 radical (unpaired) electrons. The zero-order valence-corrected chi connectivity index (χ0v) is 10.4. The minimum Gasteiger partial charge on any atom is -1.00 e. The van der Waals surface area contributed by atoms with Gasteiger partial charge in [-0.2, -0.15) is 0 Å². The van der Waals surface area contributed by atoms with Gasteiger partial charge in [0.1, 0.15) is 0 Å². The van der Waals surface area contributed by atoms with E-state index in [4.69, 9.17) is 6.42 Å².